The van der Waals surface area contributed by atoms with Gasteiger partial charge in [0.2, 0.25) is 11.8 Å². The lowest BCUT2D eigenvalue weighted by Gasteiger charge is -2.21. The number of thiazole rings is 1. The Labute approximate surface area is 160 Å². The number of hydrogen-bond acceptors (Lipinski definition) is 5. The molecule has 0 radical (unpaired) electrons. The van der Waals surface area contributed by atoms with Gasteiger partial charge >= 0.3 is 0 Å². The number of amides is 2. The topological polar surface area (TPSA) is 71.5 Å². The molecule has 0 bridgehead atoms. The SMILES string of the molecule is C=CC(=O)N1CCCC1C(=O)Nc1nc(-c2ccc(OC)c(Cl)c2)cs1. The average Bonchev–Trinajstić information content (AvgIpc) is 3.30. The third-order valence-corrected chi connectivity index (χ3v) is 5.25. The highest BCUT2D eigenvalue weighted by molar-refractivity contribution is 7.14. The smallest absolute Gasteiger partial charge is 0.248 e. The lowest BCUT2D eigenvalue weighted by atomic mass is 10.2. The van der Waals surface area contributed by atoms with Crippen molar-refractivity contribution in [2.45, 2.75) is 18.9 Å². The van der Waals surface area contributed by atoms with Crippen LogP contribution in [0.15, 0.2) is 36.2 Å². The van der Waals surface area contributed by atoms with Gasteiger partial charge in [-0.1, -0.05) is 18.2 Å². The number of anilines is 1. The fourth-order valence-electron chi connectivity index (χ4n) is 2.90. The number of methoxy groups -OCH3 is 1. The van der Waals surface area contributed by atoms with Crippen LogP contribution in [0.2, 0.25) is 5.02 Å². The molecule has 0 saturated carbocycles. The van der Waals surface area contributed by atoms with Gasteiger partial charge in [0.05, 0.1) is 17.8 Å². The minimum Gasteiger partial charge on any atom is -0.495 e. The maximum Gasteiger partial charge on any atom is 0.248 e. The Morgan fingerprint density at radius 3 is 3.00 bits per heavy atom. The fourth-order valence-corrected chi connectivity index (χ4v) is 3.88. The van der Waals surface area contributed by atoms with Crippen molar-refractivity contribution in [3.05, 3.63) is 41.3 Å². The van der Waals surface area contributed by atoms with Crippen LogP contribution in [0, 0.1) is 0 Å². The highest BCUT2D eigenvalue weighted by Crippen LogP contribution is 2.32. The van der Waals surface area contributed by atoms with E-state index < -0.39 is 6.04 Å². The second-order valence-electron chi connectivity index (χ2n) is 5.77. The third kappa shape index (κ3) is 3.73. The van der Waals surface area contributed by atoms with Crippen LogP contribution in [-0.4, -0.2) is 41.4 Å². The zero-order chi connectivity index (χ0) is 18.7. The molecule has 1 N–H and O–H groups in total. The lowest BCUT2D eigenvalue weighted by Crippen LogP contribution is -2.42. The molecule has 2 aromatic rings. The number of nitrogens with one attached hydrogen (secondary N) is 1. The third-order valence-electron chi connectivity index (χ3n) is 4.20. The van der Waals surface area contributed by atoms with Crippen molar-refractivity contribution in [1.82, 2.24) is 9.88 Å². The van der Waals surface area contributed by atoms with Gasteiger partial charge in [-0.3, -0.25) is 9.59 Å². The van der Waals surface area contributed by atoms with Crippen LogP contribution < -0.4 is 10.1 Å². The highest BCUT2D eigenvalue weighted by Gasteiger charge is 2.33. The van der Waals surface area contributed by atoms with Gasteiger partial charge < -0.3 is 15.0 Å². The van der Waals surface area contributed by atoms with Crippen LogP contribution >= 0.6 is 22.9 Å². The molecule has 1 aliphatic heterocycles. The number of aromatic nitrogens is 1. The standard InChI is InChI=1S/C18H18ClN3O3S/c1-3-16(23)22-8-4-5-14(22)17(24)21-18-20-13(10-26-18)11-6-7-15(25-2)12(19)9-11/h3,6-7,9-10,14H,1,4-5,8H2,2H3,(H,20,21,24). The van der Waals surface area contributed by atoms with Crippen LogP contribution in [0.25, 0.3) is 11.3 Å². The minimum atomic E-state index is -0.483. The molecular weight excluding hydrogens is 374 g/mol. The first-order valence-corrected chi connectivity index (χ1v) is 9.32. The summed E-state index contributed by atoms with van der Waals surface area (Å²) in [4.78, 5) is 30.3. The molecule has 1 aromatic carbocycles. The molecule has 6 nitrogen and oxygen atoms in total. The van der Waals surface area contributed by atoms with Gasteiger partial charge in [-0.25, -0.2) is 4.98 Å². The van der Waals surface area contributed by atoms with Gasteiger partial charge in [-0.2, -0.15) is 0 Å². The summed E-state index contributed by atoms with van der Waals surface area (Å²) in [5.74, 6) is 0.133. The van der Waals surface area contributed by atoms with Crippen LogP contribution in [0.4, 0.5) is 5.13 Å². The predicted molar refractivity (Wildman–Crippen MR) is 103 cm³/mol. The summed E-state index contributed by atoms with van der Waals surface area (Å²) in [6.07, 6.45) is 2.67. The fraction of sp³-hybridized carbons (Fsp3) is 0.278. The van der Waals surface area contributed by atoms with E-state index in [-0.39, 0.29) is 11.8 Å². The number of carbonyl (C=O) groups is 2. The van der Waals surface area contributed by atoms with Gasteiger partial charge in [0, 0.05) is 17.5 Å². The molecule has 1 atom stereocenters. The van der Waals surface area contributed by atoms with E-state index in [0.717, 1.165) is 12.0 Å². The average molecular weight is 392 g/mol. The van der Waals surface area contributed by atoms with Crippen molar-refractivity contribution in [2.75, 3.05) is 19.0 Å². The number of benzene rings is 1. The molecule has 26 heavy (non-hydrogen) atoms. The number of ether oxygens (including phenoxy) is 1. The summed E-state index contributed by atoms with van der Waals surface area (Å²) in [6, 6.07) is 4.91. The molecule has 1 aliphatic rings. The quantitative estimate of drug-likeness (QED) is 0.790. The molecule has 3 rings (SSSR count). The summed E-state index contributed by atoms with van der Waals surface area (Å²) >= 11 is 7.47. The van der Waals surface area contributed by atoms with Gasteiger partial charge in [0.15, 0.2) is 5.13 Å². The predicted octanol–water partition coefficient (Wildman–Crippen LogP) is 3.59. The Bertz CT molecular complexity index is 852. The van der Waals surface area contributed by atoms with E-state index in [1.54, 1.807) is 24.1 Å². The van der Waals surface area contributed by atoms with E-state index in [9.17, 15) is 9.59 Å². The molecule has 1 aromatic heterocycles. The largest absolute Gasteiger partial charge is 0.495 e. The zero-order valence-electron chi connectivity index (χ0n) is 14.2. The second-order valence-corrected chi connectivity index (χ2v) is 7.04. The lowest BCUT2D eigenvalue weighted by molar-refractivity contribution is -0.132. The number of carbonyl (C=O) groups excluding carboxylic acids is 2. The molecule has 1 fully saturated rings. The first kappa shape index (κ1) is 18.4. The second kappa shape index (κ2) is 7.88. The number of nitrogens with zero attached hydrogens (tertiary/aromatic N) is 2. The Kier molecular flexibility index (Phi) is 5.58. The van der Waals surface area contributed by atoms with Crippen LogP contribution in [-0.2, 0) is 9.59 Å². The van der Waals surface area contributed by atoms with E-state index in [1.165, 1.54) is 17.4 Å². The van der Waals surface area contributed by atoms with Crippen molar-refractivity contribution in [2.24, 2.45) is 0 Å². The number of hydrogen-bond donors (Lipinski definition) is 1. The normalized spacial score (nSPS) is 16.4. The van der Waals surface area contributed by atoms with Gasteiger partial charge in [0.25, 0.3) is 0 Å². The maximum absolute atomic E-state index is 12.5. The first-order valence-electron chi connectivity index (χ1n) is 8.07. The van der Waals surface area contributed by atoms with Crippen LogP contribution in [0.5, 0.6) is 5.75 Å². The van der Waals surface area contributed by atoms with Gasteiger partial charge in [0.1, 0.15) is 11.8 Å². The van der Waals surface area contributed by atoms with E-state index >= 15 is 0 Å². The molecule has 1 unspecified atom stereocenters. The molecular formula is C18H18ClN3O3S. The summed E-state index contributed by atoms with van der Waals surface area (Å²) in [7, 11) is 1.56. The Hall–Kier alpha value is -2.38. The zero-order valence-corrected chi connectivity index (χ0v) is 15.8. The van der Waals surface area contributed by atoms with Crippen molar-refractivity contribution in [1.29, 1.82) is 0 Å². The summed E-state index contributed by atoms with van der Waals surface area (Å²) in [5, 5.41) is 5.62. The Morgan fingerprint density at radius 1 is 1.50 bits per heavy atom. The van der Waals surface area contributed by atoms with Crippen LogP contribution in [0.1, 0.15) is 12.8 Å². The van der Waals surface area contributed by atoms with E-state index in [2.05, 4.69) is 16.9 Å². The Morgan fingerprint density at radius 2 is 2.31 bits per heavy atom. The molecule has 136 valence electrons. The van der Waals surface area contributed by atoms with Crippen molar-refractivity contribution < 1.29 is 14.3 Å². The van der Waals surface area contributed by atoms with E-state index in [4.69, 9.17) is 16.3 Å². The number of likely N-dealkylation sites (tertiary alicyclic amines) is 1. The maximum atomic E-state index is 12.5. The first-order chi connectivity index (χ1) is 12.5. The van der Waals surface area contributed by atoms with E-state index in [0.29, 0.717) is 34.6 Å². The van der Waals surface area contributed by atoms with Crippen molar-refractivity contribution in [3.8, 4) is 17.0 Å². The molecule has 2 heterocycles. The summed E-state index contributed by atoms with van der Waals surface area (Å²) in [6.45, 7) is 4.05. The molecule has 0 aliphatic carbocycles. The molecule has 0 spiro atoms. The van der Waals surface area contributed by atoms with E-state index in [1.807, 2.05) is 11.4 Å². The van der Waals surface area contributed by atoms with Crippen molar-refractivity contribution >= 4 is 39.9 Å². The summed E-state index contributed by atoms with van der Waals surface area (Å²) < 4.78 is 5.14. The summed E-state index contributed by atoms with van der Waals surface area (Å²) in [5.41, 5.74) is 1.54. The number of rotatable bonds is 5. The highest BCUT2D eigenvalue weighted by atomic mass is 35.5. The van der Waals surface area contributed by atoms with Gasteiger partial charge in [-0.15, -0.1) is 11.3 Å². The number of halogens is 1. The van der Waals surface area contributed by atoms with Crippen molar-refractivity contribution in [3.63, 3.8) is 0 Å². The monoisotopic (exact) mass is 391 g/mol. The molecule has 2 amide bonds. The Balaban J connectivity index is 1.72. The van der Waals surface area contributed by atoms with Crippen LogP contribution in [0.3, 0.4) is 0 Å². The molecule has 1 saturated heterocycles. The molecule has 8 heteroatoms. The minimum absolute atomic E-state index is 0.227. The van der Waals surface area contributed by atoms with Gasteiger partial charge in [-0.05, 0) is 37.1 Å².